The van der Waals surface area contributed by atoms with Crippen LogP contribution < -0.4 is 15.4 Å². The van der Waals surface area contributed by atoms with E-state index in [1.807, 2.05) is 0 Å². The van der Waals surface area contributed by atoms with Gasteiger partial charge in [-0.15, -0.1) is 0 Å². The van der Waals surface area contributed by atoms with Crippen molar-refractivity contribution in [1.29, 1.82) is 0 Å². The van der Waals surface area contributed by atoms with E-state index >= 15 is 0 Å². The largest absolute Gasteiger partial charge is 0.472 e. The first-order valence-electron chi connectivity index (χ1n) is 9.59. The second kappa shape index (κ2) is 11.7. The zero-order valence-electron chi connectivity index (χ0n) is 17.1. The van der Waals surface area contributed by atoms with Gasteiger partial charge in [-0.05, 0) is 69.6 Å². The van der Waals surface area contributed by atoms with Gasteiger partial charge in [0.05, 0.1) is 0 Å². The molecular formula is C20H28F2N4O2S. The Labute approximate surface area is 174 Å². The SMILES string of the molecule is Cc1cc(F)c(COc2cc(NC(=O)NCCCCCCN(C)C)sn2)cc1F. The molecule has 9 heteroatoms. The average Bonchev–Trinajstić information content (AvgIpc) is 3.09. The molecule has 0 saturated heterocycles. The van der Waals surface area contributed by atoms with Crippen LogP contribution in [0.4, 0.5) is 18.6 Å². The Kier molecular flexibility index (Phi) is 9.27. The molecule has 2 rings (SSSR count). The zero-order valence-corrected chi connectivity index (χ0v) is 17.9. The van der Waals surface area contributed by atoms with E-state index in [4.69, 9.17) is 4.74 Å². The van der Waals surface area contributed by atoms with Crippen molar-refractivity contribution in [1.82, 2.24) is 14.6 Å². The van der Waals surface area contributed by atoms with Crippen LogP contribution in [0, 0.1) is 18.6 Å². The van der Waals surface area contributed by atoms with Gasteiger partial charge in [-0.25, -0.2) is 13.6 Å². The third-order valence-electron chi connectivity index (χ3n) is 4.25. The van der Waals surface area contributed by atoms with Crippen molar-refractivity contribution in [3.05, 3.63) is 41.0 Å². The van der Waals surface area contributed by atoms with E-state index in [1.54, 1.807) is 6.07 Å². The Balaban J connectivity index is 1.68. The summed E-state index contributed by atoms with van der Waals surface area (Å²) in [7, 11) is 4.12. The van der Waals surface area contributed by atoms with Crippen LogP contribution in [0.2, 0.25) is 0 Å². The van der Waals surface area contributed by atoms with E-state index in [0.717, 1.165) is 55.9 Å². The Hall–Kier alpha value is -2.26. The minimum atomic E-state index is -0.529. The molecule has 2 N–H and O–H groups in total. The quantitative estimate of drug-likeness (QED) is 0.517. The number of rotatable bonds is 11. The Morgan fingerprint density at radius 2 is 1.90 bits per heavy atom. The van der Waals surface area contributed by atoms with Crippen molar-refractivity contribution >= 4 is 22.6 Å². The molecule has 0 aliphatic rings. The molecule has 1 aromatic heterocycles. The van der Waals surface area contributed by atoms with Gasteiger partial charge >= 0.3 is 6.03 Å². The van der Waals surface area contributed by atoms with Gasteiger partial charge in [0, 0.05) is 18.2 Å². The van der Waals surface area contributed by atoms with Crippen molar-refractivity contribution in [2.24, 2.45) is 0 Å². The van der Waals surface area contributed by atoms with E-state index in [2.05, 4.69) is 34.0 Å². The molecule has 0 saturated carbocycles. The van der Waals surface area contributed by atoms with E-state index in [0.29, 0.717) is 11.5 Å². The lowest BCUT2D eigenvalue weighted by Crippen LogP contribution is -2.29. The second-order valence-corrected chi connectivity index (χ2v) is 7.91. The van der Waals surface area contributed by atoms with Crippen LogP contribution >= 0.6 is 11.5 Å². The van der Waals surface area contributed by atoms with Gasteiger partial charge in [0.2, 0.25) is 5.88 Å². The van der Waals surface area contributed by atoms with Gasteiger partial charge in [0.15, 0.2) is 0 Å². The van der Waals surface area contributed by atoms with Crippen molar-refractivity contribution in [2.45, 2.75) is 39.2 Å². The lowest BCUT2D eigenvalue weighted by atomic mass is 10.1. The normalized spacial score (nSPS) is 11.0. The summed E-state index contributed by atoms with van der Waals surface area (Å²) in [5.74, 6) is -0.773. The number of carbonyl (C=O) groups is 1. The fourth-order valence-electron chi connectivity index (χ4n) is 2.60. The van der Waals surface area contributed by atoms with Crippen molar-refractivity contribution in [3.8, 4) is 5.88 Å². The highest BCUT2D eigenvalue weighted by atomic mass is 32.1. The van der Waals surface area contributed by atoms with E-state index in [9.17, 15) is 13.6 Å². The lowest BCUT2D eigenvalue weighted by molar-refractivity contribution is 0.252. The number of aryl methyl sites for hydroxylation is 1. The molecule has 0 aliphatic heterocycles. The third-order valence-corrected chi connectivity index (χ3v) is 4.93. The average molecular weight is 427 g/mol. The van der Waals surface area contributed by atoms with Crippen molar-refractivity contribution in [3.63, 3.8) is 0 Å². The molecule has 0 fully saturated rings. The van der Waals surface area contributed by atoms with Crippen LogP contribution in [0.3, 0.4) is 0 Å². The number of hydrogen-bond acceptors (Lipinski definition) is 5. The zero-order chi connectivity index (χ0) is 21.2. The highest BCUT2D eigenvalue weighted by molar-refractivity contribution is 7.10. The number of unbranched alkanes of at least 4 members (excludes halogenated alkanes) is 3. The highest BCUT2D eigenvalue weighted by Gasteiger charge is 2.10. The monoisotopic (exact) mass is 426 g/mol. The molecule has 0 spiro atoms. The maximum atomic E-state index is 13.8. The molecular weight excluding hydrogens is 398 g/mol. The van der Waals surface area contributed by atoms with Crippen LogP contribution in [-0.2, 0) is 6.61 Å². The molecule has 0 unspecified atom stereocenters. The van der Waals surface area contributed by atoms with E-state index in [1.165, 1.54) is 6.92 Å². The Bertz CT molecular complexity index is 799. The summed E-state index contributed by atoms with van der Waals surface area (Å²) in [6.45, 7) is 3.04. The topological polar surface area (TPSA) is 66.5 Å². The van der Waals surface area contributed by atoms with Gasteiger partial charge in [-0.1, -0.05) is 12.8 Å². The van der Waals surface area contributed by atoms with Gasteiger partial charge in [0.25, 0.3) is 0 Å². The number of aromatic nitrogens is 1. The number of amides is 2. The predicted molar refractivity (Wildman–Crippen MR) is 112 cm³/mol. The first-order chi connectivity index (χ1) is 13.8. The predicted octanol–water partition coefficient (Wildman–Crippen LogP) is 4.55. The molecule has 0 radical (unpaired) electrons. The summed E-state index contributed by atoms with van der Waals surface area (Å²) in [6, 6.07) is 3.49. The van der Waals surface area contributed by atoms with Crippen LogP contribution in [-0.4, -0.2) is 42.5 Å². The number of benzene rings is 1. The number of hydrogen-bond donors (Lipinski definition) is 2. The molecule has 160 valence electrons. The second-order valence-electron chi connectivity index (χ2n) is 7.11. The lowest BCUT2D eigenvalue weighted by Gasteiger charge is -2.09. The van der Waals surface area contributed by atoms with E-state index in [-0.39, 0.29) is 29.6 Å². The minimum Gasteiger partial charge on any atom is -0.472 e. The molecule has 29 heavy (non-hydrogen) atoms. The molecule has 2 aromatic rings. The van der Waals surface area contributed by atoms with Crippen molar-refractivity contribution < 1.29 is 18.3 Å². The van der Waals surface area contributed by atoms with Gasteiger partial charge in [0.1, 0.15) is 23.2 Å². The van der Waals surface area contributed by atoms with Crippen LogP contribution in [0.5, 0.6) is 5.88 Å². The number of anilines is 1. The summed E-state index contributed by atoms with van der Waals surface area (Å²) >= 11 is 1.06. The summed E-state index contributed by atoms with van der Waals surface area (Å²) in [4.78, 5) is 14.1. The van der Waals surface area contributed by atoms with Crippen LogP contribution in [0.25, 0.3) is 0 Å². The number of carbonyl (C=O) groups excluding carboxylic acids is 1. The summed E-state index contributed by atoms with van der Waals surface area (Å²) in [5, 5.41) is 6.01. The highest BCUT2D eigenvalue weighted by Crippen LogP contribution is 2.23. The molecule has 0 bridgehead atoms. The van der Waals surface area contributed by atoms with Crippen LogP contribution in [0.15, 0.2) is 18.2 Å². The number of nitrogens with zero attached hydrogens (tertiary/aromatic N) is 2. The fourth-order valence-corrected chi connectivity index (χ4v) is 3.19. The summed E-state index contributed by atoms with van der Waals surface area (Å²) in [5.41, 5.74) is 0.352. The molecule has 1 heterocycles. The van der Waals surface area contributed by atoms with Gasteiger partial charge < -0.3 is 15.0 Å². The van der Waals surface area contributed by atoms with Crippen LogP contribution in [0.1, 0.15) is 36.8 Å². The maximum absolute atomic E-state index is 13.8. The first-order valence-corrected chi connectivity index (χ1v) is 10.4. The summed E-state index contributed by atoms with van der Waals surface area (Å²) in [6.07, 6.45) is 4.30. The Morgan fingerprint density at radius 3 is 2.66 bits per heavy atom. The molecule has 0 aliphatic carbocycles. The molecule has 1 aromatic carbocycles. The maximum Gasteiger partial charge on any atom is 0.319 e. The van der Waals surface area contributed by atoms with Gasteiger partial charge in [-0.2, -0.15) is 4.37 Å². The first kappa shape index (κ1) is 23.0. The number of urea groups is 1. The molecule has 6 nitrogen and oxygen atoms in total. The Morgan fingerprint density at radius 1 is 1.14 bits per heavy atom. The number of nitrogens with one attached hydrogen (secondary N) is 2. The standard InChI is InChI=1S/C20H28F2N4O2S/c1-14-10-17(22)15(11-16(14)21)13-28-18-12-19(29-25-18)24-20(27)23-8-6-4-5-7-9-26(2)3/h10-12H,4-9,13H2,1-3H3,(H2,23,24,27). The number of halogens is 2. The fraction of sp³-hybridized carbons (Fsp3) is 0.500. The van der Waals surface area contributed by atoms with Gasteiger partial charge in [-0.3, -0.25) is 5.32 Å². The molecule has 0 atom stereocenters. The van der Waals surface area contributed by atoms with E-state index < -0.39 is 11.6 Å². The number of ether oxygens (including phenoxy) is 1. The molecule has 2 amide bonds. The minimum absolute atomic E-state index is 0.110. The third kappa shape index (κ3) is 8.33. The summed E-state index contributed by atoms with van der Waals surface area (Å²) < 4.78 is 36.8. The van der Waals surface area contributed by atoms with Crippen molar-refractivity contribution in [2.75, 3.05) is 32.5 Å². The smallest absolute Gasteiger partial charge is 0.319 e.